The maximum Gasteiger partial charge on any atom is 0.322 e. The number of urea groups is 1. The maximum atomic E-state index is 13.8. The number of carbonyl (C=O) groups is 2. The van der Waals surface area contributed by atoms with Gasteiger partial charge in [0.05, 0.1) is 20.8 Å². The summed E-state index contributed by atoms with van der Waals surface area (Å²) in [6.07, 6.45) is 2.64. The van der Waals surface area contributed by atoms with Gasteiger partial charge in [0, 0.05) is 49.5 Å². The second-order valence-electron chi connectivity index (χ2n) is 9.83. The Labute approximate surface area is 241 Å². The van der Waals surface area contributed by atoms with Gasteiger partial charge in [-0.15, -0.1) is 0 Å². The summed E-state index contributed by atoms with van der Waals surface area (Å²) in [5.41, 5.74) is 4.77. The number of nitrogens with one attached hydrogen (secondary N) is 2. The van der Waals surface area contributed by atoms with E-state index >= 15 is 0 Å². The van der Waals surface area contributed by atoms with E-state index in [4.69, 9.17) is 14.2 Å². The summed E-state index contributed by atoms with van der Waals surface area (Å²) < 4.78 is 16.1. The molecular formula is C32H38N4O5. The topological polar surface area (TPSA) is 96.1 Å². The minimum Gasteiger partial charge on any atom is -0.493 e. The fourth-order valence-electron chi connectivity index (χ4n) is 4.73. The number of nitrogens with zero attached hydrogens (tertiary/aromatic N) is 2. The SMILES string of the molecule is COCCN(CC(=O)N(CCc1c[nH]c2ccccc12)Cc1ccc(OC)c(OC)c1)C(=O)Nc1cccc(C)c1. The number of benzene rings is 3. The summed E-state index contributed by atoms with van der Waals surface area (Å²) in [6, 6.07) is 20.9. The summed E-state index contributed by atoms with van der Waals surface area (Å²) in [6.45, 7) is 3.25. The molecule has 0 saturated heterocycles. The summed E-state index contributed by atoms with van der Waals surface area (Å²) in [7, 11) is 4.75. The van der Waals surface area contributed by atoms with Gasteiger partial charge in [-0.1, -0.05) is 36.4 Å². The number of hydrogen-bond donors (Lipinski definition) is 2. The molecule has 1 aromatic heterocycles. The lowest BCUT2D eigenvalue weighted by Gasteiger charge is -2.28. The zero-order valence-corrected chi connectivity index (χ0v) is 24.1. The molecule has 3 aromatic carbocycles. The molecule has 0 fully saturated rings. The van der Waals surface area contributed by atoms with Crippen molar-refractivity contribution >= 4 is 28.5 Å². The molecule has 2 N–H and O–H groups in total. The number of hydrogen-bond acceptors (Lipinski definition) is 5. The lowest BCUT2D eigenvalue weighted by Crippen LogP contribution is -2.46. The van der Waals surface area contributed by atoms with Crippen molar-refractivity contribution in [3.8, 4) is 11.5 Å². The van der Waals surface area contributed by atoms with Gasteiger partial charge in [0.15, 0.2) is 11.5 Å². The van der Waals surface area contributed by atoms with Crippen LogP contribution in [0.25, 0.3) is 10.9 Å². The van der Waals surface area contributed by atoms with Crippen LogP contribution in [-0.2, 0) is 22.5 Å². The average Bonchev–Trinajstić information content (AvgIpc) is 3.40. The van der Waals surface area contributed by atoms with Crippen LogP contribution in [0.15, 0.2) is 72.9 Å². The molecule has 0 aliphatic rings. The molecule has 0 saturated carbocycles. The highest BCUT2D eigenvalue weighted by molar-refractivity contribution is 5.92. The molecule has 0 radical (unpaired) electrons. The number of methoxy groups -OCH3 is 3. The van der Waals surface area contributed by atoms with E-state index < -0.39 is 0 Å². The molecule has 216 valence electrons. The lowest BCUT2D eigenvalue weighted by atomic mass is 10.1. The van der Waals surface area contributed by atoms with Gasteiger partial charge in [-0.3, -0.25) is 4.79 Å². The normalized spacial score (nSPS) is 10.8. The second kappa shape index (κ2) is 14.2. The van der Waals surface area contributed by atoms with E-state index in [0.717, 1.165) is 27.6 Å². The van der Waals surface area contributed by atoms with Gasteiger partial charge in [0.2, 0.25) is 5.91 Å². The number of fused-ring (bicyclic) bond motifs is 1. The number of aryl methyl sites for hydroxylation is 1. The number of aromatic nitrogens is 1. The van der Waals surface area contributed by atoms with Gasteiger partial charge in [-0.05, 0) is 60.4 Å². The van der Waals surface area contributed by atoms with Crippen molar-refractivity contribution < 1.29 is 23.8 Å². The molecule has 9 nitrogen and oxygen atoms in total. The Morgan fingerprint density at radius 3 is 2.44 bits per heavy atom. The van der Waals surface area contributed by atoms with E-state index in [1.54, 1.807) is 26.2 Å². The second-order valence-corrected chi connectivity index (χ2v) is 9.83. The van der Waals surface area contributed by atoms with E-state index in [0.29, 0.717) is 43.3 Å². The highest BCUT2D eigenvalue weighted by atomic mass is 16.5. The molecule has 0 aliphatic heterocycles. The van der Waals surface area contributed by atoms with Crippen LogP contribution >= 0.6 is 0 Å². The Hall–Kier alpha value is -4.50. The maximum absolute atomic E-state index is 13.8. The van der Waals surface area contributed by atoms with Crippen LogP contribution in [0.5, 0.6) is 11.5 Å². The Bertz CT molecular complexity index is 1470. The molecule has 0 bridgehead atoms. The number of aromatic amines is 1. The zero-order chi connectivity index (χ0) is 29.2. The highest BCUT2D eigenvalue weighted by Crippen LogP contribution is 2.28. The lowest BCUT2D eigenvalue weighted by molar-refractivity contribution is -0.132. The summed E-state index contributed by atoms with van der Waals surface area (Å²) >= 11 is 0. The van der Waals surface area contributed by atoms with Gasteiger partial charge in [-0.25, -0.2) is 4.79 Å². The van der Waals surface area contributed by atoms with E-state index in [2.05, 4.69) is 16.4 Å². The molecule has 3 amide bonds. The first kappa shape index (κ1) is 29.5. The smallest absolute Gasteiger partial charge is 0.322 e. The van der Waals surface area contributed by atoms with Crippen molar-refractivity contribution in [2.45, 2.75) is 19.9 Å². The van der Waals surface area contributed by atoms with Crippen LogP contribution in [0.4, 0.5) is 10.5 Å². The Kier molecular flexibility index (Phi) is 10.2. The molecule has 0 unspecified atom stereocenters. The van der Waals surface area contributed by atoms with Crippen LogP contribution in [0.3, 0.4) is 0 Å². The largest absolute Gasteiger partial charge is 0.493 e. The summed E-state index contributed by atoms with van der Waals surface area (Å²) in [5.74, 6) is 1.04. The number of amides is 3. The average molecular weight is 559 g/mol. The quantitative estimate of drug-likeness (QED) is 0.234. The van der Waals surface area contributed by atoms with Crippen molar-refractivity contribution in [1.82, 2.24) is 14.8 Å². The van der Waals surface area contributed by atoms with Crippen LogP contribution in [0.1, 0.15) is 16.7 Å². The number of ether oxygens (including phenoxy) is 3. The first-order valence-electron chi connectivity index (χ1n) is 13.6. The first-order valence-corrected chi connectivity index (χ1v) is 13.6. The Morgan fingerprint density at radius 1 is 0.878 bits per heavy atom. The van der Waals surface area contributed by atoms with Gasteiger partial charge in [0.1, 0.15) is 6.54 Å². The minimum atomic E-state index is -0.358. The number of anilines is 1. The number of para-hydroxylation sites is 1. The fourth-order valence-corrected chi connectivity index (χ4v) is 4.73. The Morgan fingerprint density at radius 2 is 1.68 bits per heavy atom. The molecule has 9 heteroatoms. The van der Waals surface area contributed by atoms with Crippen LogP contribution in [0.2, 0.25) is 0 Å². The first-order chi connectivity index (χ1) is 19.9. The van der Waals surface area contributed by atoms with Gasteiger partial charge < -0.3 is 34.3 Å². The molecular weight excluding hydrogens is 520 g/mol. The zero-order valence-electron chi connectivity index (χ0n) is 24.1. The number of carbonyl (C=O) groups excluding carboxylic acids is 2. The molecule has 4 rings (SSSR count). The predicted octanol–water partition coefficient (Wildman–Crippen LogP) is 5.25. The standard InChI is InChI=1S/C32H38N4O5/c1-23-8-7-9-26(18-23)34-32(38)36(16-17-39-2)22-31(37)35(21-24-12-13-29(40-3)30(19-24)41-4)15-14-25-20-33-28-11-6-5-10-27(25)28/h5-13,18-20,33H,14-17,21-22H2,1-4H3,(H,34,38). The van der Waals surface area contributed by atoms with Crippen molar-refractivity contribution in [3.63, 3.8) is 0 Å². The molecule has 0 spiro atoms. The fraction of sp³-hybridized carbons (Fsp3) is 0.312. The van der Waals surface area contributed by atoms with Crippen molar-refractivity contribution in [2.75, 3.05) is 52.9 Å². The van der Waals surface area contributed by atoms with Gasteiger partial charge >= 0.3 is 6.03 Å². The summed E-state index contributed by atoms with van der Waals surface area (Å²) in [5, 5.41) is 4.04. The Balaban J connectivity index is 1.55. The van der Waals surface area contributed by atoms with E-state index in [9.17, 15) is 9.59 Å². The minimum absolute atomic E-state index is 0.0951. The third kappa shape index (κ3) is 7.79. The third-order valence-corrected chi connectivity index (χ3v) is 6.95. The number of rotatable bonds is 13. The molecule has 41 heavy (non-hydrogen) atoms. The van der Waals surface area contributed by atoms with Crippen molar-refractivity contribution in [3.05, 3.63) is 89.6 Å². The molecule has 0 aliphatic carbocycles. The molecule has 0 atom stereocenters. The van der Waals surface area contributed by atoms with Crippen LogP contribution < -0.4 is 14.8 Å². The molecule has 4 aromatic rings. The number of H-pyrrole nitrogens is 1. The third-order valence-electron chi connectivity index (χ3n) is 6.95. The van der Waals surface area contributed by atoms with Crippen LogP contribution in [-0.4, -0.2) is 74.3 Å². The van der Waals surface area contributed by atoms with Gasteiger partial charge in [-0.2, -0.15) is 0 Å². The molecule has 1 heterocycles. The van der Waals surface area contributed by atoms with E-state index in [1.165, 1.54) is 4.90 Å². The van der Waals surface area contributed by atoms with Crippen molar-refractivity contribution in [1.29, 1.82) is 0 Å². The highest BCUT2D eigenvalue weighted by Gasteiger charge is 2.23. The van der Waals surface area contributed by atoms with Gasteiger partial charge in [0.25, 0.3) is 0 Å². The predicted molar refractivity (Wildman–Crippen MR) is 161 cm³/mol. The van der Waals surface area contributed by atoms with Crippen LogP contribution in [0, 0.1) is 6.92 Å². The van der Waals surface area contributed by atoms with E-state index in [-0.39, 0.29) is 25.0 Å². The van der Waals surface area contributed by atoms with Crippen molar-refractivity contribution in [2.24, 2.45) is 0 Å². The summed E-state index contributed by atoms with van der Waals surface area (Å²) in [4.78, 5) is 33.7. The van der Waals surface area contributed by atoms with E-state index in [1.807, 2.05) is 73.8 Å². The monoisotopic (exact) mass is 558 g/mol.